The van der Waals surface area contributed by atoms with Crippen LogP contribution in [0.3, 0.4) is 0 Å². The van der Waals surface area contributed by atoms with E-state index in [0.717, 1.165) is 12.5 Å². The fourth-order valence-electron chi connectivity index (χ4n) is 1.81. The van der Waals surface area contributed by atoms with Crippen molar-refractivity contribution in [3.05, 3.63) is 57.8 Å². The van der Waals surface area contributed by atoms with Crippen LogP contribution in [-0.4, -0.2) is 7.05 Å². The van der Waals surface area contributed by atoms with Gasteiger partial charge in [0.25, 0.3) is 0 Å². The highest BCUT2D eigenvalue weighted by molar-refractivity contribution is 7.07. The van der Waals surface area contributed by atoms with E-state index in [-0.39, 0.29) is 6.04 Å². The highest BCUT2D eigenvalue weighted by atomic mass is 32.1. The number of rotatable bonds is 4. The minimum absolute atomic E-state index is 0.0743. The maximum atomic E-state index is 13.1. The van der Waals surface area contributed by atoms with Gasteiger partial charge in [-0.15, -0.1) is 0 Å². The lowest BCUT2D eigenvalue weighted by Gasteiger charge is -2.16. The van der Waals surface area contributed by atoms with E-state index in [0.29, 0.717) is 5.56 Å². The van der Waals surface area contributed by atoms with E-state index in [2.05, 4.69) is 5.32 Å². The molecule has 0 bridgehead atoms. The zero-order valence-electron chi connectivity index (χ0n) is 9.41. The fourth-order valence-corrected chi connectivity index (χ4v) is 2.49. The molecule has 4 heteroatoms. The Morgan fingerprint density at radius 3 is 2.47 bits per heavy atom. The average Bonchev–Trinajstić information content (AvgIpc) is 2.77. The molecule has 1 atom stereocenters. The number of hydrogen-bond acceptors (Lipinski definition) is 2. The first-order valence-corrected chi connectivity index (χ1v) is 6.27. The molecule has 0 fully saturated rings. The second kappa shape index (κ2) is 5.38. The maximum absolute atomic E-state index is 13.1. The summed E-state index contributed by atoms with van der Waals surface area (Å²) in [6.45, 7) is 0. The van der Waals surface area contributed by atoms with Gasteiger partial charge in [0, 0.05) is 12.1 Å². The van der Waals surface area contributed by atoms with Gasteiger partial charge in [0.1, 0.15) is 11.6 Å². The van der Waals surface area contributed by atoms with Crippen LogP contribution in [-0.2, 0) is 6.42 Å². The largest absolute Gasteiger partial charge is 0.313 e. The van der Waals surface area contributed by atoms with E-state index >= 15 is 0 Å². The third-order valence-electron chi connectivity index (χ3n) is 2.66. The molecule has 0 radical (unpaired) electrons. The molecule has 2 rings (SSSR count). The third-order valence-corrected chi connectivity index (χ3v) is 3.39. The van der Waals surface area contributed by atoms with Gasteiger partial charge in [0.05, 0.1) is 0 Å². The molecule has 1 unspecified atom stereocenters. The average molecular weight is 253 g/mol. The molecule has 17 heavy (non-hydrogen) atoms. The molecule has 1 aromatic carbocycles. The standard InChI is InChI=1S/C13H13F2NS/c1-16-13(4-9-2-3-17-8-9)10-5-11(14)7-12(15)6-10/h2-3,5-8,13,16H,4H2,1H3. The predicted octanol–water partition coefficient (Wildman–Crippen LogP) is 3.53. The fraction of sp³-hybridized carbons (Fsp3) is 0.231. The Hall–Kier alpha value is -1.26. The summed E-state index contributed by atoms with van der Waals surface area (Å²) in [5.74, 6) is -1.07. The Morgan fingerprint density at radius 1 is 1.24 bits per heavy atom. The minimum atomic E-state index is -0.537. The Morgan fingerprint density at radius 2 is 1.94 bits per heavy atom. The smallest absolute Gasteiger partial charge is 0.126 e. The van der Waals surface area contributed by atoms with Gasteiger partial charge in [0.15, 0.2) is 0 Å². The lowest BCUT2D eigenvalue weighted by Crippen LogP contribution is -2.19. The number of likely N-dealkylation sites (N-methyl/N-ethyl adjacent to an activating group) is 1. The number of benzene rings is 1. The molecule has 0 spiro atoms. The highest BCUT2D eigenvalue weighted by Crippen LogP contribution is 2.21. The molecule has 0 aliphatic heterocycles. The van der Waals surface area contributed by atoms with Crippen molar-refractivity contribution in [2.24, 2.45) is 0 Å². The summed E-state index contributed by atoms with van der Waals surface area (Å²) < 4.78 is 26.3. The zero-order chi connectivity index (χ0) is 12.3. The lowest BCUT2D eigenvalue weighted by atomic mass is 10.0. The van der Waals surface area contributed by atoms with Gasteiger partial charge in [-0.3, -0.25) is 0 Å². The van der Waals surface area contributed by atoms with Crippen LogP contribution in [0.25, 0.3) is 0 Å². The summed E-state index contributed by atoms with van der Waals surface area (Å²) in [5, 5.41) is 7.12. The molecule has 0 aliphatic rings. The summed E-state index contributed by atoms with van der Waals surface area (Å²) in [6.07, 6.45) is 0.725. The van der Waals surface area contributed by atoms with Crippen molar-refractivity contribution in [3.63, 3.8) is 0 Å². The van der Waals surface area contributed by atoms with Crippen LogP contribution in [0, 0.1) is 11.6 Å². The van der Waals surface area contributed by atoms with E-state index in [4.69, 9.17) is 0 Å². The second-order valence-electron chi connectivity index (χ2n) is 3.88. The number of halogens is 2. The maximum Gasteiger partial charge on any atom is 0.126 e. The van der Waals surface area contributed by atoms with Crippen molar-refractivity contribution in [1.29, 1.82) is 0 Å². The second-order valence-corrected chi connectivity index (χ2v) is 4.66. The monoisotopic (exact) mass is 253 g/mol. The van der Waals surface area contributed by atoms with E-state index in [1.807, 2.05) is 16.8 Å². The summed E-state index contributed by atoms with van der Waals surface area (Å²) in [7, 11) is 1.79. The van der Waals surface area contributed by atoms with Crippen LogP contribution < -0.4 is 5.32 Å². The molecule has 90 valence electrons. The van der Waals surface area contributed by atoms with Crippen molar-refractivity contribution >= 4 is 11.3 Å². The van der Waals surface area contributed by atoms with Crippen molar-refractivity contribution in [2.45, 2.75) is 12.5 Å². The van der Waals surface area contributed by atoms with Crippen molar-refractivity contribution < 1.29 is 8.78 Å². The topological polar surface area (TPSA) is 12.0 Å². The van der Waals surface area contributed by atoms with Gasteiger partial charge in [-0.2, -0.15) is 11.3 Å². The van der Waals surface area contributed by atoms with Gasteiger partial charge in [-0.1, -0.05) is 0 Å². The molecule has 0 saturated carbocycles. The lowest BCUT2D eigenvalue weighted by molar-refractivity contribution is 0.551. The predicted molar refractivity (Wildman–Crippen MR) is 66.2 cm³/mol. The molecule has 0 amide bonds. The first-order chi connectivity index (χ1) is 8.19. The first kappa shape index (κ1) is 12.2. The number of nitrogens with one attached hydrogen (secondary N) is 1. The third kappa shape index (κ3) is 3.11. The SMILES string of the molecule is CNC(Cc1ccsc1)c1cc(F)cc(F)c1. The van der Waals surface area contributed by atoms with E-state index in [1.54, 1.807) is 18.4 Å². The van der Waals surface area contributed by atoms with Crippen LogP contribution in [0.5, 0.6) is 0 Å². The Labute approximate surface area is 103 Å². The number of hydrogen-bond donors (Lipinski definition) is 1. The van der Waals surface area contributed by atoms with Crippen LogP contribution in [0.15, 0.2) is 35.0 Å². The quantitative estimate of drug-likeness (QED) is 0.879. The van der Waals surface area contributed by atoms with Crippen LogP contribution in [0.1, 0.15) is 17.2 Å². The van der Waals surface area contributed by atoms with Crippen molar-refractivity contribution in [1.82, 2.24) is 5.32 Å². The molecule has 1 nitrogen and oxygen atoms in total. The van der Waals surface area contributed by atoms with Crippen molar-refractivity contribution in [3.8, 4) is 0 Å². The normalized spacial score (nSPS) is 12.6. The summed E-state index contributed by atoms with van der Waals surface area (Å²) in [6, 6.07) is 5.58. The van der Waals surface area contributed by atoms with Crippen LogP contribution in [0.2, 0.25) is 0 Å². The Kier molecular flexibility index (Phi) is 3.86. The summed E-state index contributed by atoms with van der Waals surface area (Å²) >= 11 is 1.62. The highest BCUT2D eigenvalue weighted by Gasteiger charge is 2.12. The van der Waals surface area contributed by atoms with Crippen molar-refractivity contribution in [2.75, 3.05) is 7.05 Å². The van der Waals surface area contributed by atoms with Gasteiger partial charge < -0.3 is 5.32 Å². The Balaban J connectivity index is 2.22. The molecule has 0 saturated heterocycles. The summed E-state index contributed by atoms with van der Waals surface area (Å²) in [5.41, 5.74) is 1.80. The molecular weight excluding hydrogens is 240 g/mol. The van der Waals surface area contributed by atoms with Crippen LogP contribution >= 0.6 is 11.3 Å². The molecule has 1 aromatic heterocycles. The van der Waals surface area contributed by atoms with Gasteiger partial charge in [0.2, 0.25) is 0 Å². The molecule has 0 aliphatic carbocycles. The van der Waals surface area contributed by atoms with Gasteiger partial charge >= 0.3 is 0 Å². The first-order valence-electron chi connectivity index (χ1n) is 5.33. The molecule has 2 aromatic rings. The Bertz CT molecular complexity index is 462. The number of thiophene rings is 1. The van der Waals surface area contributed by atoms with Gasteiger partial charge in [-0.05, 0) is 53.6 Å². The molecular formula is C13H13F2NS. The van der Waals surface area contributed by atoms with E-state index in [1.165, 1.54) is 17.7 Å². The molecule has 1 heterocycles. The zero-order valence-corrected chi connectivity index (χ0v) is 10.2. The van der Waals surface area contributed by atoms with E-state index in [9.17, 15) is 8.78 Å². The minimum Gasteiger partial charge on any atom is -0.313 e. The van der Waals surface area contributed by atoms with Gasteiger partial charge in [-0.25, -0.2) is 8.78 Å². The van der Waals surface area contributed by atoms with Crippen LogP contribution in [0.4, 0.5) is 8.78 Å². The molecule has 1 N–H and O–H groups in total. The summed E-state index contributed by atoms with van der Waals surface area (Å²) in [4.78, 5) is 0. The van der Waals surface area contributed by atoms with E-state index < -0.39 is 11.6 Å².